The summed E-state index contributed by atoms with van der Waals surface area (Å²) in [5, 5.41) is 8.88. The number of aliphatic hydroxyl groups excluding tert-OH is 1. The van der Waals surface area contributed by atoms with E-state index >= 15 is 0 Å². The molecule has 2 rings (SSSR count). The zero-order valence-corrected chi connectivity index (χ0v) is 10.8. The van der Waals surface area contributed by atoms with Crippen LogP contribution in [-0.4, -0.2) is 10.1 Å². The Morgan fingerprint density at radius 1 is 1.39 bits per heavy atom. The SMILES string of the molecule is Cc1cc(Oc2nc(CO)co2)ccc1C(C)C. The van der Waals surface area contributed by atoms with Gasteiger partial charge in [-0.1, -0.05) is 19.9 Å². The second kappa shape index (κ2) is 5.23. The smallest absolute Gasteiger partial charge is 0.399 e. The first-order valence-electron chi connectivity index (χ1n) is 5.94. The summed E-state index contributed by atoms with van der Waals surface area (Å²) in [6.07, 6.45) is 1.53. The highest BCUT2D eigenvalue weighted by Crippen LogP contribution is 2.26. The van der Waals surface area contributed by atoms with Gasteiger partial charge < -0.3 is 14.3 Å². The van der Waals surface area contributed by atoms with Gasteiger partial charge in [0.05, 0.1) is 6.61 Å². The lowest BCUT2D eigenvalue weighted by Crippen LogP contribution is -1.93. The molecule has 2 aromatic rings. The van der Waals surface area contributed by atoms with Gasteiger partial charge in [0, 0.05) is 0 Å². The molecule has 1 aromatic carbocycles. The van der Waals surface area contributed by atoms with E-state index in [2.05, 4.69) is 25.8 Å². The molecule has 0 unspecified atom stereocenters. The first-order chi connectivity index (χ1) is 8.60. The fraction of sp³-hybridized carbons (Fsp3) is 0.357. The number of hydrogen-bond acceptors (Lipinski definition) is 4. The van der Waals surface area contributed by atoms with Crippen LogP contribution in [0.1, 0.15) is 36.6 Å². The number of ether oxygens (including phenoxy) is 1. The third-order valence-electron chi connectivity index (χ3n) is 2.76. The predicted octanol–water partition coefficient (Wildman–Crippen LogP) is 3.39. The first kappa shape index (κ1) is 12.6. The fourth-order valence-electron chi connectivity index (χ4n) is 1.87. The average molecular weight is 247 g/mol. The van der Waals surface area contributed by atoms with Crippen molar-refractivity contribution in [2.24, 2.45) is 0 Å². The van der Waals surface area contributed by atoms with Gasteiger partial charge in [0.2, 0.25) is 0 Å². The molecular formula is C14H17NO3. The van der Waals surface area contributed by atoms with Crippen LogP contribution in [0.4, 0.5) is 0 Å². The maximum atomic E-state index is 8.88. The Bertz CT molecular complexity index is 532. The quantitative estimate of drug-likeness (QED) is 0.899. The summed E-state index contributed by atoms with van der Waals surface area (Å²) in [5.41, 5.74) is 2.93. The second-order valence-electron chi connectivity index (χ2n) is 4.54. The maximum absolute atomic E-state index is 8.88. The number of hydrogen-bond donors (Lipinski definition) is 1. The fourth-order valence-corrected chi connectivity index (χ4v) is 1.87. The van der Waals surface area contributed by atoms with Crippen LogP contribution >= 0.6 is 0 Å². The van der Waals surface area contributed by atoms with Crippen molar-refractivity contribution < 1.29 is 14.3 Å². The highest BCUT2D eigenvalue weighted by molar-refractivity contribution is 5.37. The molecule has 0 radical (unpaired) electrons. The number of aryl methyl sites for hydroxylation is 1. The number of oxazole rings is 1. The van der Waals surface area contributed by atoms with Crippen LogP contribution in [0.2, 0.25) is 0 Å². The molecule has 0 aliphatic rings. The van der Waals surface area contributed by atoms with Crippen molar-refractivity contribution in [1.82, 2.24) is 4.98 Å². The Morgan fingerprint density at radius 3 is 2.72 bits per heavy atom. The molecule has 0 aliphatic carbocycles. The lowest BCUT2D eigenvalue weighted by Gasteiger charge is -2.10. The number of rotatable bonds is 4. The third-order valence-corrected chi connectivity index (χ3v) is 2.76. The highest BCUT2D eigenvalue weighted by Gasteiger charge is 2.08. The van der Waals surface area contributed by atoms with Gasteiger partial charge in [0.25, 0.3) is 0 Å². The van der Waals surface area contributed by atoms with Gasteiger partial charge in [-0.2, -0.15) is 4.98 Å². The van der Waals surface area contributed by atoms with Gasteiger partial charge in [0.15, 0.2) is 0 Å². The summed E-state index contributed by atoms with van der Waals surface area (Å²) < 4.78 is 10.6. The molecule has 1 N–H and O–H groups in total. The molecule has 0 amide bonds. The predicted molar refractivity (Wildman–Crippen MR) is 67.8 cm³/mol. The molecule has 0 saturated carbocycles. The monoisotopic (exact) mass is 247 g/mol. The minimum atomic E-state index is -0.155. The van der Waals surface area contributed by atoms with Crippen molar-refractivity contribution in [2.75, 3.05) is 0 Å². The number of aliphatic hydroxyl groups is 1. The molecule has 1 heterocycles. The van der Waals surface area contributed by atoms with Crippen LogP contribution in [0.25, 0.3) is 0 Å². The summed E-state index contributed by atoms with van der Waals surface area (Å²) in [4.78, 5) is 3.97. The van der Waals surface area contributed by atoms with E-state index in [0.29, 0.717) is 17.4 Å². The minimum absolute atomic E-state index is 0.149. The van der Waals surface area contributed by atoms with E-state index in [1.54, 1.807) is 0 Å². The highest BCUT2D eigenvalue weighted by atomic mass is 16.6. The molecular weight excluding hydrogens is 230 g/mol. The normalized spacial score (nSPS) is 10.9. The summed E-state index contributed by atoms with van der Waals surface area (Å²) >= 11 is 0. The van der Waals surface area contributed by atoms with Gasteiger partial charge in [-0.05, 0) is 36.1 Å². The molecule has 1 aromatic heterocycles. The van der Waals surface area contributed by atoms with Crippen LogP contribution in [-0.2, 0) is 6.61 Å². The first-order valence-corrected chi connectivity index (χ1v) is 5.94. The Kier molecular flexibility index (Phi) is 3.67. The van der Waals surface area contributed by atoms with Crippen molar-refractivity contribution in [3.63, 3.8) is 0 Å². The van der Waals surface area contributed by atoms with Gasteiger partial charge in [-0.15, -0.1) is 0 Å². The van der Waals surface area contributed by atoms with Crippen molar-refractivity contribution in [3.05, 3.63) is 41.3 Å². The molecule has 0 aliphatic heterocycles. The van der Waals surface area contributed by atoms with E-state index in [1.165, 1.54) is 17.4 Å². The number of aromatic nitrogens is 1. The average Bonchev–Trinajstić information content (AvgIpc) is 2.76. The molecule has 0 atom stereocenters. The van der Waals surface area contributed by atoms with Crippen LogP contribution in [0.3, 0.4) is 0 Å². The molecule has 0 bridgehead atoms. The van der Waals surface area contributed by atoms with E-state index in [4.69, 9.17) is 14.3 Å². The lowest BCUT2D eigenvalue weighted by molar-refractivity contribution is 0.276. The molecule has 0 spiro atoms. The van der Waals surface area contributed by atoms with Crippen LogP contribution < -0.4 is 4.74 Å². The second-order valence-corrected chi connectivity index (χ2v) is 4.54. The summed E-state index contributed by atoms with van der Waals surface area (Å²) in [7, 11) is 0. The Morgan fingerprint density at radius 2 is 2.17 bits per heavy atom. The van der Waals surface area contributed by atoms with E-state index in [-0.39, 0.29) is 12.7 Å². The van der Waals surface area contributed by atoms with Gasteiger partial charge in [-0.25, -0.2) is 0 Å². The minimum Gasteiger partial charge on any atom is -0.417 e. The Balaban J connectivity index is 2.17. The standard InChI is InChI=1S/C14H17NO3/c1-9(2)13-5-4-12(6-10(13)3)18-14-15-11(7-16)8-17-14/h4-6,8-9,16H,7H2,1-3H3. The van der Waals surface area contributed by atoms with E-state index in [0.717, 1.165) is 0 Å². The number of nitrogens with zero attached hydrogens (tertiary/aromatic N) is 1. The van der Waals surface area contributed by atoms with Crippen molar-refractivity contribution in [3.8, 4) is 11.8 Å². The largest absolute Gasteiger partial charge is 0.417 e. The van der Waals surface area contributed by atoms with Crippen LogP contribution in [0, 0.1) is 6.92 Å². The van der Waals surface area contributed by atoms with Crippen molar-refractivity contribution in [1.29, 1.82) is 0 Å². The summed E-state index contributed by atoms with van der Waals surface area (Å²) in [6.45, 7) is 6.21. The molecule has 0 saturated heterocycles. The number of benzene rings is 1. The Hall–Kier alpha value is -1.81. The third kappa shape index (κ3) is 2.71. The van der Waals surface area contributed by atoms with E-state index in [1.807, 2.05) is 18.2 Å². The molecule has 4 heteroatoms. The molecule has 4 nitrogen and oxygen atoms in total. The van der Waals surface area contributed by atoms with Gasteiger partial charge in [0.1, 0.15) is 17.7 Å². The van der Waals surface area contributed by atoms with Gasteiger partial charge in [-0.3, -0.25) is 0 Å². The maximum Gasteiger partial charge on any atom is 0.399 e. The zero-order valence-electron chi connectivity index (χ0n) is 10.8. The van der Waals surface area contributed by atoms with Crippen molar-refractivity contribution >= 4 is 0 Å². The molecule has 0 fully saturated rings. The van der Waals surface area contributed by atoms with Crippen molar-refractivity contribution in [2.45, 2.75) is 33.3 Å². The summed E-state index contributed by atoms with van der Waals surface area (Å²) in [6, 6.07) is 5.90. The lowest BCUT2D eigenvalue weighted by atomic mass is 9.98. The van der Waals surface area contributed by atoms with E-state index < -0.39 is 0 Å². The topological polar surface area (TPSA) is 55.5 Å². The van der Waals surface area contributed by atoms with E-state index in [9.17, 15) is 0 Å². The van der Waals surface area contributed by atoms with Crippen LogP contribution in [0.15, 0.2) is 28.9 Å². The molecule has 96 valence electrons. The molecule has 18 heavy (non-hydrogen) atoms. The van der Waals surface area contributed by atoms with Gasteiger partial charge >= 0.3 is 6.08 Å². The Labute approximate surface area is 106 Å². The van der Waals surface area contributed by atoms with Crippen LogP contribution in [0.5, 0.6) is 11.8 Å². The summed E-state index contributed by atoms with van der Waals surface area (Å²) in [5.74, 6) is 1.17. The zero-order chi connectivity index (χ0) is 13.1.